The Morgan fingerprint density at radius 3 is 2.24 bits per heavy atom. The molecule has 0 aromatic heterocycles. The highest BCUT2D eigenvalue weighted by molar-refractivity contribution is 7.92. The Bertz CT molecular complexity index is 876. The highest BCUT2D eigenvalue weighted by Crippen LogP contribution is 2.31. The van der Waals surface area contributed by atoms with Crippen LogP contribution in [0.4, 0.5) is 11.4 Å². The maximum atomic E-state index is 12.9. The van der Waals surface area contributed by atoms with Gasteiger partial charge in [-0.25, -0.2) is 8.42 Å². The van der Waals surface area contributed by atoms with Crippen molar-refractivity contribution in [2.24, 2.45) is 5.92 Å². The van der Waals surface area contributed by atoms with E-state index in [0.717, 1.165) is 12.1 Å². The summed E-state index contributed by atoms with van der Waals surface area (Å²) in [5.74, 6) is -0.313. The maximum absolute atomic E-state index is 12.9. The summed E-state index contributed by atoms with van der Waals surface area (Å²) in [6.07, 6.45) is 0. The van der Waals surface area contributed by atoms with Crippen LogP contribution in [0.15, 0.2) is 47.4 Å². The lowest BCUT2D eigenvalue weighted by Crippen LogP contribution is -2.34. The molecule has 0 aliphatic carbocycles. The third-order valence-electron chi connectivity index (χ3n) is 3.85. The minimum Gasteiger partial charge on any atom is -0.506 e. The number of phenols is 1. The second-order valence-electron chi connectivity index (χ2n) is 6.08. The van der Waals surface area contributed by atoms with Gasteiger partial charge in [0, 0.05) is 12.1 Å². The van der Waals surface area contributed by atoms with E-state index in [1.807, 2.05) is 0 Å². The van der Waals surface area contributed by atoms with E-state index in [9.17, 15) is 23.6 Å². The monoisotopic (exact) mass is 364 g/mol. The number of nitrogens with zero attached hydrogens (tertiary/aromatic N) is 1. The van der Waals surface area contributed by atoms with Crippen molar-refractivity contribution in [2.75, 3.05) is 5.32 Å². The molecule has 0 radical (unpaired) electrons. The van der Waals surface area contributed by atoms with E-state index >= 15 is 0 Å². The molecule has 0 bridgehead atoms. The largest absolute Gasteiger partial charge is 0.506 e. The molecule has 8 heteroatoms. The Balaban J connectivity index is 2.41. The second kappa shape index (κ2) is 7.10. The molecule has 0 saturated heterocycles. The molecule has 2 aromatic rings. The Hall–Kier alpha value is -2.61. The van der Waals surface area contributed by atoms with Crippen molar-refractivity contribution in [2.45, 2.75) is 31.0 Å². The lowest BCUT2D eigenvalue weighted by atomic mass is 10.1. The number of non-ortho nitro benzene ring substituents is 1. The molecular weight excluding hydrogens is 344 g/mol. The van der Waals surface area contributed by atoms with Gasteiger partial charge < -0.3 is 10.4 Å². The Morgan fingerprint density at radius 2 is 1.72 bits per heavy atom. The number of hydrogen-bond donors (Lipinski definition) is 2. The van der Waals surface area contributed by atoms with E-state index in [2.05, 4.69) is 5.32 Å². The molecule has 0 spiro atoms. The molecule has 2 aromatic carbocycles. The molecule has 0 saturated carbocycles. The first-order valence-corrected chi connectivity index (χ1v) is 9.22. The molecular formula is C17H20N2O5S. The van der Waals surface area contributed by atoms with E-state index in [0.29, 0.717) is 11.3 Å². The highest BCUT2D eigenvalue weighted by atomic mass is 32.2. The Labute approximate surface area is 146 Å². The predicted octanol–water partition coefficient (Wildman–Crippen LogP) is 3.48. The van der Waals surface area contributed by atoms with Crippen molar-refractivity contribution in [1.29, 1.82) is 0 Å². The number of nitrogens with one attached hydrogen (secondary N) is 1. The van der Waals surface area contributed by atoms with Crippen LogP contribution in [0.2, 0.25) is 0 Å². The summed E-state index contributed by atoms with van der Waals surface area (Å²) >= 11 is 0. The zero-order valence-electron chi connectivity index (χ0n) is 14.1. The number of anilines is 1. The van der Waals surface area contributed by atoms with E-state index in [-0.39, 0.29) is 22.3 Å². The van der Waals surface area contributed by atoms with Gasteiger partial charge in [-0.1, -0.05) is 26.0 Å². The van der Waals surface area contributed by atoms with Gasteiger partial charge >= 0.3 is 0 Å². The molecule has 0 aliphatic rings. The molecule has 25 heavy (non-hydrogen) atoms. The fraction of sp³-hybridized carbons (Fsp3) is 0.294. The smallest absolute Gasteiger partial charge is 0.269 e. The number of hydrogen-bond acceptors (Lipinski definition) is 6. The summed E-state index contributed by atoms with van der Waals surface area (Å²) in [5.41, 5.74) is 0.772. The molecule has 0 unspecified atom stereocenters. The third-order valence-corrected chi connectivity index (χ3v) is 6.11. The van der Waals surface area contributed by atoms with Crippen LogP contribution in [0.25, 0.3) is 0 Å². The van der Waals surface area contributed by atoms with Crippen LogP contribution in [0.5, 0.6) is 5.75 Å². The summed E-state index contributed by atoms with van der Waals surface area (Å²) in [6.45, 7) is 5.20. The van der Waals surface area contributed by atoms with Gasteiger partial charge in [-0.05, 0) is 36.6 Å². The zero-order chi connectivity index (χ0) is 18.8. The molecule has 0 aliphatic heterocycles. The first kappa shape index (κ1) is 18.7. The fourth-order valence-electron chi connectivity index (χ4n) is 2.44. The Kier molecular flexibility index (Phi) is 5.32. The molecule has 134 valence electrons. The van der Waals surface area contributed by atoms with Crippen molar-refractivity contribution < 1.29 is 18.4 Å². The third kappa shape index (κ3) is 3.90. The summed E-state index contributed by atoms with van der Waals surface area (Å²) < 4.78 is 25.9. The summed E-state index contributed by atoms with van der Waals surface area (Å²) in [5, 5.41) is 22.8. The lowest BCUT2D eigenvalue weighted by Gasteiger charge is -2.24. The lowest BCUT2D eigenvalue weighted by molar-refractivity contribution is -0.384. The number of aryl methyl sites for hydroxylation is 1. The van der Waals surface area contributed by atoms with Crippen LogP contribution >= 0.6 is 0 Å². The molecule has 0 fully saturated rings. The average molecular weight is 364 g/mol. The first-order valence-electron chi connectivity index (χ1n) is 7.68. The summed E-state index contributed by atoms with van der Waals surface area (Å²) in [6, 6.07) is 9.80. The normalized spacial score (nSPS) is 12.8. The van der Waals surface area contributed by atoms with Crippen LogP contribution in [-0.2, 0) is 9.84 Å². The van der Waals surface area contributed by atoms with Gasteiger partial charge in [0.05, 0.1) is 15.5 Å². The molecule has 0 heterocycles. The first-order chi connectivity index (χ1) is 11.6. The van der Waals surface area contributed by atoms with E-state index in [1.165, 1.54) is 12.1 Å². The number of aromatic hydroxyl groups is 1. The van der Waals surface area contributed by atoms with Crippen LogP contribution in [0.1, 0.15) is 19.4 Å². The van der Waals surface area contributed by atoms with Crippen LogP contribution < -0.4 is 5.32 Å². The zero-order valence-corrected chi connectivity index (χ0v) is 14.9. The van der Waals surface area contributed by atoms with Crippen molar-refractivity contribution >= 4 is 21.2 Å². The fourth-order valence-corrected chi connectivity index (χ4v) is 4.24. The topological polar surface area (TPSA) is 110 Å². The molecule has 7 nitrogen and oxygen atoms in total. The van der Waals surface area contributed by atoms with Gasteiger partial charge in [0.25, 0.3) is 5.69 Å². The number of benzene rings is 2. The van der Waals surface area contributed by atoms with Crippen LogP contribution in [-0.4, -0.2) is 23.8 Å². The number of rotatable bonds is 6. The van der Waals surface area contributed by atoms with Gasteiger partial charge in [-0.2, -0.15) is 0 Å². The van der Waals surface area contributed by atoms with Crippen molar-refractivity contribution in [1.82, 2.24) is 0 Å². The maximum Gasteiger partial charge on any atom is 0.269 e. The van der Waals surface area contributed by atoms with Gasteiger partial charge in [0.15, 0.2) is 9.84 Å². The quantitative estimate of drug-likeness (QED) is 0.461. The number of nitro benzene ring substituents is 1. The van der Waals surface area contributed by atoms with Gasteiger partial charge in [-0.3, -0.25) is 10.1 Å². The molecule has 2 N–H and O–H groups in total. The van der Waals surface area contributed by atoms with Gasteiger partial charge in [0.2, 0.25) is 0 Å². The SMILES string of the molecule is Cc1cccc(N[C@H](C(C)C)S(=O)(=O)c2ccc([N+](=O)[O-])cc2)c1O. The van der Waals surface area contributed by atoms with Crippen molar-refractivity contribution in [3.63, 3.8) is 0 Å². The highest BCUT2D eigenvalue weighted by Gasteiger charge is 2.31. The average Bonchev–Trinajstić information content (AvgIpc) is 2.55. The summed E-state index contributed by atoms with van der Waals surface area (Å²) in [4.78, 5) is 10.1. The standard InChI is InChI=1S/C17H20N2O5S/c1-11(2)17(18-15-6-4-5-12(3)16(15)20)25(23,24)14-9-7-13(8-10-14)19(21)22/h4-11,17-18,20H,1-3H3/t17-/m0/s1. The minimum atomic E-state index is -3.82. The van der Waals surface area contributed by atoms with Crippen LogP contribution in [0.3, 0.4) is 0 Å². The van der Waals surface area contributed by atoms with Crippen LogP contribution in [0, 0.1) is 23.0 Å². The number of phenolic OH excluding ortho intramolecular Hbond substituents is 1. The molecule has 1 atom stereocenters. The Morgan fingerprint density at radius 1 is 1.12 bits per heavy atom. The molecule has 0 amide bonds. The van der Waals surface area contributed by atoms with E-state index < -0.39 is 20.1 Å². The second-order valence-corrected chi connectivity index (χ2v) is 8.15. The van der Waals surface area contributed by atoms with E-state index in [4.69, 9.17) is 0 Å². The number of nitro groups is 1. The van der Waals surface area contributed by atoms with Crippen molar-refractivity contribution in [3.05, 3.63) is 58.1 Å². The van der Waals surface area contributed by atoms with Gasteiger partial charge in [-0.15, -0.1) is 0 Å². The number of para-hydroxylation sites is 1. The summed E-state index contributed by atoms with van der Waals surface area (Å²) in [7, 11) is -3.82. The van der Waals surface area contributed by atoms with E-state index in [1.54, 1.807) is 39.0 Å². The van der Waals surface area contributed by atoms with Gasteiger partial charge in [0.1, 0.15) is 11.1 Å². The predicted molar refractivity (Wildman–Crippen MR) is 95.4 cm³/mol. The number of sulfone groups is 1. The molecule has 2 rings (SSSR count). The van der Waals surface area contributed by atoms with Crippen molar-refractivity contribution in [3.8, 4) is 5.75 Å². The minimum absolute atomic E-state index is 0.00736.